The minimum atomic E-state index is 0.500. The summed E-state index contributed by atoms with van der Waals surface area (Å²) in [6.07, 6.45) is 17.7. The molecule has 0 bridgehead atoms. The topological polar surface area (TPSA) is 77.1 Å². The van der Waals surface area contributed by atoms with Crippen LogP contribution in [0.5, 0.6) is 0 Å². The summed E-state index contributed by atoms with van der Waals surface area (Å²) in [5.41, 5.74) is 5.46. The van der Waals surface area contributed by atoms with Crippen LogP contribution in [0.2, 0.25) is 0 Å². The molecule has 70 heavy (non-hydrogen) atoms. The van der Waals surface area contributed by atoms with Gasteiger partial charge in [-0.15, -0.1) is 0 Å². The largest absolute Gasteiger partial charge is 0.473 e. The molecule has 7 aromatic rings. The second-order valence-corrected chi connectivity index (χ2v) is 25.3. The van der Waals surface area contributed by atoms with Crippen molar-refractivity contribution in [3.8, 4) is 0 Å². The lowest BCUT2D eigenvalue weighted by atomic mass is 10.0. The number of allylic oxidation sites excluding steroid dienone is 1. The molecule has 6 nitrogen and oxygen atoms in total. The zero-order valence-electron chi connectivity index (χ0n) is 48.6. The van der Waals surface area contributed by atoms with Crippen molar-refractivity contribution in [1.29, 1.82) is 0 Å². The predicted octanol–water partition coefficient (Wildman–Crippen LogP) is 20.5. The van der Waals surface area contributed by atoms with Crippen LogP contribution in [-0.2, 0) is 0 Å². The minimum absolute atomic E-state index is 0.500. The molecule has 5 aromatic heterocycles. The van der Waals surface area contributed by atoms with E-state index in [2.05, 4.69) is 201 Å². The maximum atomic E-state index is 4.58. The fourth-order valence-corrected chi connectivity index (χ4v) is 3.45. The number of aliphatic imine (C=N–C) groups is 1. The Labute approximate surface area is 435 Å². The van der Waals surface area contributed by atoms with Crippen LogP contribution >= 0.6 is 11.3 Å². The summed E-state index contributed by atoms with van der Waals surface area (Å²) < 4.78 is 4.58. The van der Waals surface area contributed by atoms with Gasteiger partial charge < -0.3 is 4.42 Å². The molecular weight excluding hydrogens is 875 g/mol. The smallest absolute Gasteiger partial charge is 0.0902 e. The van der Waals surface area contributed by atoms with E-state index in [-0.39, 0.29) is 0 Å². The van der Waals surface area contributed by atoms with E-state index < -0.39 is 0 Å². The number of hydrogen-bond donors (Lipinski definition) is 0. The van der Waals surface area contributed by atoms with Crippen LogP contribution < -0.4 is 0 Å². The first-order valence-corrected chi connectivity index (χ1v) is 25.5. The lowest BCUT2D eigenvalue weighted by Crippen LogP contribution is -1.93. The SMILES string of the molecule is C1=CCN=C1.CC(C)(C)C.CC(C)(C)C.CC(C)(C)C.CC(C)(C)C.CC(C)(C)C.CC(C)C.c1ccc2ncccc2c1.c1ccc2nccnc2c1.c1ccncc1.c1ccoc1.c1ccsc1. The molecule has 6 heterocycles. The highest BCUT2D eigenvalue weighted by Crippen LogP contribution is 2.11. The molecule has 2 aromatic carbocycles. The maximum absolute atomic E-state index is 4.58. The van der Waals surface area contributed by atoms with Crippen LogP contribution in [0, 0.1) is 33.0 Å². The van der Waals surface area contributed by atoms with Gasteiger partial charge in [0.15, 0.2) is 0 Å². The van der Waals surface area contributed by atoms with Gasteiger partial charge >= 0.3 is 0 Å². The molecule has 7 heteroatoms. The van der Waals surface area contributed by atoms with Crippen molar-refractivity contribution in [3.63, 3.8) is 0 Å². The molecule has 0 spiro atoms. The van der Waals surface area contributed by atoms with Crippen LogP contribution in [0.4, 0.5) is 0 Å². The Balaban J connectivity index is -0.000000345. The Hall–Kier alpha value is -5.27. The van der Waals surface area contributed by atoms with Crippen molar-refractivity contribution in [2.24, 2.45) is 38.0 Å². The van der Waals surface area contributed by atoms with Crippen molar-refractivity contribution < 1.29 is 4.42 Å². The number of furan rings is 1. The molecule has 0 fully saturated rings. The third kappa shape index (κ3) is 89.3. The van der Waals surface area contributed by atoms with Crippen molar-refractivity contribution in [3.05, 3.63) is 170 Å². The van der Waals surface area contributed by atoms with Crippen molar-refractivity contribution in [2.45, 2.75) is 159 Å². The van der Waals surface area contributed by atoms with E-state index in [0.717, 1.165) is 29.0 Å². The van der Waals surface area contributed by atoms with Crippen molar-refractivity contribution in [2.75, 3.05) is 6.54 Å². The minimum Gasteiger partial charge on any atom is -0.473 e. The first-order valence-electron chi connectivity index (χ1n) is 24.6. The fourth-order valence-electron chi connectivity index (χ4n) is 3.00. The van der Waals surface area contributed by atoms with Gasteiger partial charge in [0, 0.05) is 42.6 Å². The Morgan fingerprint density at radius 1 is 0.414 bits per heavy atom. The quantitative estimate of drug-likeness (QED) is 0.151. The normalized spacial score (nSPS) is 10.7. The van der Waals surface area contributed by atoms with Crippen LogP contribution in [0.3, 0.4) is 0 Å². The van der Waals surface area contributed by atoms with Crippen LogP contribution in [0.1, 0.15) is 159 Å². The predicted molar refractivity (Wildman–Crippen MR) is 317 cm³/mol. The van der Waals surface area contributed by atoms with Crippen LogP contribution in [0.25, 0.3) is 21.9 Å². The van der Waals surface area contributed by atoms with E-state index in [0.29, 0.717) is 27.1 Å². The van der Waals surface area contributed by atoms with Gasteiger partial charge in [0.05, 0.1) is 35.6 Å². The second kappa shape index (κ2) is 42.6. The summed E-state index contributed by atoms with van der Waals surface area (Å²) in [6.45, 7) is 51.1. The summed E-state index contributed by atoms with van der Waals surface area (Å²) in [7, 11) is 0. The summed E-state index contributed by atoms with van der Waals surface area (Å²) in [5.74, 6) is 0.833. The molecule has 0 saturated carbocycles. The van der Waals surface area contributed by atoms with Crippen LogP contribution in [-0.4, -0.2) is 32.7 Å². The summed E-state index contributed by atoms with van der Waals surface area (Å²) in [5, 5.41) is 5.28. The standard InChI is InChI=1S/C9H7N.C8H6N2.C5H5N.5C5H12.C4H5N.C4H4O.C4H4S.C4H10/c1-2-6-9-8(4-1)5-3-7-10-9;1-2-4-8-7(3-1)9-5-6-10-8;1-2-4-6-5-3-1;5*1-5(2,3)4;3*1-2-4-5-3-1;1-4(2)3/h1-7H;1-6H;1-5H;5*1-4H3;1-3H,4H2;2*1-4H;4H,1-3H3. The van der Waals surface area contributed by atoms with Gasteiger partial charge in [-0.1, -0.05) is 220 Å². The molecule has 0 amide bonds. The highest BCUT2D eigenvalue weighted by Gasteiger charge is 1.98. The molecule has 390 valence electrons. The molecule has 1 aliphatic heterocycles. The van der Waals surface area contributed by atoms with Gasteiger partial charge in [0.1, 0.15) is 0 Å². The number of fused-ring (bicyclic) bond motifs is 2. The van der Waals surface area contributed by atoms with Gasteiger partial charge in [-0.05, 0) is 98.4 Å². The van der Waals surface area contributed by atoms with Crippen LogP contribution in [0.15, 0.2) is 179 Å². The third-order valence-electron chi connectivity index (χ3n) is 4.84. The number of nitrogens with zero attached hydrogens (tertiary/aromatic N) is 5. The van der Waals surface area contributed by atoms with E-state index in [1.807, 2.05) is 120 Å². The molecule has 0 unspecified atom stereocenters. The highest BCUT2D eigenvalue weighted by molar-refractivity contribution is 7.07. The van der Waals surface area contributed by atoms with Gasteiger partial charge in [0.2, 0.25) is 0 Å². The Kier molecular flexibility index (Phi) is 43.4. The van der Waals surface area contributed by atoms with E-state index >= 15 is 0 Å². The molecule has 0 aliphatic carbocycles. The molecule has 1 aliphatic rings. The molecular formula is C63H101N5OS. The molecule has 0 N–H and O–H groups in total. The van der Waals surface area contributed by atoms with Crippen molar-refractivity contribution >= 4 is 39.5 Å². The van der Waals surface area contributed by atoms with E-state index in [1.54, 1.807) is 54.9 Å². The van der Waals surface area contributed by atoms with Gasteiger partial charge in [-0.25, -0.2) is 0 Å². The maximum Gasteiger partial charge on any atom is 0.0902 e. The zero-order valence-corrected chi connectivity index (χ0v) is 49.4. The summed E-state index contributed by atoms with van der Waals surface area (Å²) >= 11 is 1.71. The Morgan fingerprint density at radius 3 is 1.01 bits per heavy atom. The number of benzene rings is 2. The van der Waals surface area contributed by atoms with Gasteiger partial charge in [-0.3, -0.25) is 24.9 Å². The number of thiophene rings is 1. The average molecular weight is 977 g/mol. The number of hydrogen-bond acceptors (Lipinski definition) is 7. The Morgan fingerprint density at radius 2 is 0.771 bits per heavy atom. The second-order valence-electron chi connectivity index (χ2n) is 24.5. The number of para-hydroxylation sites is 3. The average Bonchev–Trinajstić information content (AvgIpc) is 4.08. The molecule has 0 atom stereocenters. The lowest BCUT2D eigenvalue weighted by molar-refractivity contribution is 0.469. The number of pyridine rings is 2. The first-order chi connectivity index (χ1) is 32.2. The molecule has 0 saturated heterocycles. The summed E-state index contributed by atoms with van der Waals surface area (Å²) in [6, 6.07) is 33.3. The zero-order chi connectivity index (χ0) is 54.5. The monoisotopic (exact) mass is 976 g/mol. The van der Waals surface area contributed by atoms with Gasteiger partial charge in [-0.2, -0.15) is 11.3 Å². The van der Waals surface area contributed by atoms with E-state index in [4.69, 9.17) is 0 Å². The lowest BCUT2D eigenvalue weighted by Gasteiger charge is -2.05. The summed E-state index contributed by atoms with van der Waals surface area (Å²) in [4.78, 5) is 20.1. The first kappa shape index (κ1) is 71.3. The molecule has 0 radical (unpaired) electrons. The third-order valence-corrected chi connectivity index (χ3v) is 5.47. The molecule has 8 rings (SSSR count). The number of rotatable bonds is 0. The fraction of sp³-hybridized carbons (Fsp3) is 0.476. The van der Waals surface area contributed by atoms with E-state index in [9.17, 15) is 0 Å². The highest BCUT2D eigenvalue weighted by atomic mass is 32.1. The van der Waals surface area contributed by atoms with Crippen molar-refractivity contribution in [1.82, 2.24) is 19.9 Å². The number of aromatic nitrogens is 4. The van der Waals surface area contributed by atoms with E-state index in [1.165, 1.54) is 5.39 Å². The Bertz CT molecular complexity index is 1740. The van der Waals surface area contributed by atoms with Gasteiger partial charge in [0.25, 0.3) is 0 Å².